The van der Waals surface area contributed by atoms with Gasteiger partial charge in [-0.05, 0) is 50.6 Å². The molecule has 1 heterocycles. The molecule has 3 N–H and O–H groups in total. The highest BCUT2D eigenvalue weighted by Crippen LogP contribution is 2.24. The smallest absolute Gasteiger partial charge is 0.234 e. The van der Waals surface area contributed by atoms with Gasteiger partial charge in [-0.2, -0.15) is 0 Å². The second-order valence-corrected chi connectivity index (χ2v) is 6.84. The Hall–Kier alpha value is -0.610. The van der Waals surface area contributed by atoms with Crippen molar-refractivity contribution in [3.8, 4) is 0 Å². The number of rotatable bonds is 7. The predicted molar refractivity (Wildman–Crippen MR) is 84.5 cm³/mol. The van der Waals surface area contributed by atoms with E-state index in [1.54, 1.807) is 0 Å². The highest BCUT2D eigenvalue weighted by atomic mass is 16.1. The lowest BCUT2D eigenvalue weighted by atomic mass is 9.89. The normalized spacial score (nSPS) is 23.0. The number of carbonyl (C=O) groups is 1. The molecule has 0 aliphatic carbocycles. The molecule has 2 atom stereocenters. The minimum absolute atomic E-state index is 0.195. The van der Waals surface area contributed by atoms with Crippen LogP contribution in [0.4, 0.5) is 0 Å². The van der Waals surface area contributed by atoms with Crippen molar-refractivity contribution in [3.05, 3.63) is 0 Å². The molecular weight excluding hydrogens is 250 g/mol. The van der Waals surface area contributed by atoms with Crippen molar-refractivity contribution < 1.29 is 4.79 Å². The Kier molecular flexibility index (Phi) is 7.52. The maximum Gasteiger partial charge on any atom is 0.234 e. The summed E-state index contributed by atoms with van der Waals surface area (Å²) in [5.74, 6) is 1.42. The molecule has 1 aliphatic rings. The molecule has 20 heavy (non-hydrogen) atoms. The minimum Gasteiger partial charge on any atom is -0.368 e. The van der Waals surface area contributed by atoms with Gasteiger partial charge in [0.05, 0.1) is 6.04 Å². The second kappa shape index (κ2) is 8.63. The van der Waals surface area contributed by atoms with E-state index < -0.39 is 0 Å². The van der Waals surface area contributed by atoms with E-state index in [2.05, 4.69) is 37.9 Å². The van der Waals surface area contributed by atoms with Crippen LogP contribution in [0.25, 0.3) is 0 Å². The largest absolute Gasteiger partial charge is 0.368 e. The summed E-state index contributed by atoms with van der Waals surface area (Å²) in [4.78, 5) is 14.0. The summed E-state index contributed by atoms with van der Waals surface area (Å²) in [5, 5.41) is 3.26. The molecule has 0 aromatic heterocycles. The van der Waals surface area contributed by atoms with Gasteiger partial charge in [-0.15, -0.1) is 0 Å². The average molecular weight is 283 g/mol. The number of amides is 1. The van der Waals surface area contributed by atoms with Gasteiger partial charge in [-0.3, -0.25) is 4.79 Å². The lowest BCUT2D eigenvalue weighted by Crippen LogP contribution is -2.46. The Bertz CT molecular complexity index is 291. The molecule has 0 saturated carbocycles. The molecule has 0 radical (unpaired) electrons. The third kappa shape index (κ3) is 6.23. The number of hydrogen-bond acceptors (Lipinski definition) is 3. The fourth-order valence-electron chi connectivity index (χ4n) is 3.09. The summed E-state index contributed by atoms with van der Waals surface area (Å²) in [7, 11) is 0. The number of likely N-dealkylation sites (tertiary alicyclic amines) is 1. The number of carbonyl (C=O) groups excluding carboxylic acids is 1. The van der Waals surface area contributed by atoms with E-state index in [4.69, 9.17) is 5.73 Å². The van der Waals surface area contributed by atoms with Gasteiger partial charge in [0.25, 0.3) is 0 Å². The van der Waals surface area contributed by atoms with Crippen LogP contribution in [0.15, 0.2) is 0 Å². The summed E-state index contributed by atoms with van der Waals surface area (Å²) in [5.41, 5.74) is 5.47. The van der Waals surface area contributed by atoms with Crippen LogP contribution in [0.5, 0.6) is 0 Å². The third-order valence-corrected chi connectivity index (χ3v) is 4.42. The molecule has 0 aromatic rings. The van der Waals surface area contributed by atoms with Crippen LogP contribution < -0.4 is 11.1 Å². The fraction of sp³-hybridized carbons (Fsp3) is 0.938. The molecule has 1 saturated heterocycles. The van der Waals surface area contributed by atoms with Crippen molar-refractivity contribution in [1.29, 1.82) is 0 Å². The Labute approximate surface area is 124 Å². The van der Waals surface area contributed by atoms with E-state index in [-0.39, 0.29) is 11.9 Å². The minimum atomic E-state index is -0.228. The summed E-state index contributed by atoms with van der Waals surface area (Å²) < 4.78 is 0. The van der Waals surface area contributed by atoms with Crippen molar-refractivity contribution in [1.82, 2.24) is 10.2 Å². The maximum atomic E-state index is 11.5. The molecule has 4 heteroatoms. The molecule has 0 spiro atoms. The zero-order valence-electron chi connectivity index (χ0n) is 13.7. The van der Waals surface area contributed by atoms with Crippen molar-refractivity contribution in [2.75, 3.05) is 19.6 Å². The Morgan fingerprint density at radius 2 is 1.95 bits per heavy atom. The number of nitrogens with two attached hydrogens (primary N) is 1. The maximum absolute atomic E-state index is 11.5. The lowest BCUT2D eigenvalue weighted by Gasteiger charge is -2.24. The van der Waals surface area contributed by atoms with Crippen molar-refractivity contribution in [2.45, 2.75) is 65.5 Å². The molecule has 1 aliphatic heterocycles. The van der Waals surface area contributed by atoms with E-state index >= 15 is 0 Å². The highest BCUT2D eigenvalue weighted by molar-refractivity contribution is 5.79. The zero-order chi connectivity index (χ0) is 15.1. The van der Waals surface area contributed by atoms with Gasteiger partial charge in [-0.1, -0.05) is 27.7 Å². The second-order valence-electron chi connectivity index (χ2n) is 6.84. The van der Waals surface area contributed by atoms with E-state index in [1.165, 1.54) is 19.3 Å². The first-order valence-electron chi connectivity index (χ1n) is 8.17. The SMILES string of the molecule is CC(C)NC(CCN1CCCC(C(C)C)CC1)C(N)=O. The zero-order valence-corrected chi connectivity index (χ0v) is 13.7. The van der Waals surface area contributed by atoms with Gasteiger partial charge in [0.2, 0.25) is 5.91 Å². The molecule has 0 bridgehead atoms. The molecule has 1 fully saturated rings. The molecular formula is C16H33N3O. The molecule has 0 aromatic carbocycles. The first-order chi connectivity index (χ1) is 9.40. The van der Waals surface area contributed by atoms with Gasteiger partial charge in [-0.25, -0.2) is 0 Å². The van der Waals surface area contributed by atoms with Crippen LogP contribution in [0.1, 0.15) is 53.4 Å². The summed E-state index contributed by atoms with van der Waals surface area (Å²) in [6.07, 6.45) is 4.73. The van der Waals surface area contributed by atoms with Crippen molar-refractivity contribution >= 4 is 5.91 Å². The van der Waals surface area contributed by atoms with E-state index in [9.17, 15) is 4.79 Å². The Morgan fingerprint density at radius 1 is 1.25 bits per heavy atom. The number of nitrogens with zero attached hydrogens (tertiary/aromatic N) is 1. The topological polar surface area (TPSA) is 58.4 Å². The molecule has 118 valence electrons. The molecule has 2 unspecified atom stereocenters. The van der Waals surface area contributed by atoms with Gasteiger partial charge in [0.15, 0.2) is 0 Å². The first kappa shape index (κ1) is 17.4. The standard InChI is InChI=1S/C16H33N3O/c1-12(2)14-6-5-9-19(10-7-14)11-8-15(16(17)20)18-13(3)4/h12-15,18H,5-11H2,1-4H3,(H2,17,20). The van der Waals surface area contributed by atoms with Crippen LogP contribution in [-0.2, 0) is 4.79 Å². The van der Waals surface area contributed by atoms with Gasteiger partial charge in [0.1, 0.15) is 0 Å². The van der Waals surface area contributed by atoms with Crippen molar-refractivity contribution in [2.24, 2.45) is 17.6 Å². The number of primary amides is 1. The summed E-state index contributed by atoms with van der Waals surface area (Å²) >= 11 is 0. The number of nitrogens with one attached hydrogen (secondary N) is 1. The summed E-state index contributed by atoms with van der Waals surface area (Å²) in [6, 6.07) is 0.0982. The highest BCUT2D eigenvalue weighted by Gasteiger charge is 2.21. The Morgan fingerprint density at radius 3 is 2.50 bits per heavy atom. The van der Waals surface area contributed by atoms with Crippen LogP contribution in [0, 0.1) is 11.8 Å². The van der Waals surface area contributed by atoms with E-state index in [0.29, 0.717) is 6.04 Å². The lowest BCUT2D eigenvalue weighted by molar-refractivity contribution is -0.120. The third-order valence-electron chi connectivity index (χ3n) is 4.42. The van der Waals surface area contributed by atoms with Crippen molar-refractivity contribution in [3.63, 3.8) is 0 Å². The Balaban J connectivity index is 2.38. The fourth-order valence-corrected chi connectivity index (χ4v) is 3.09. The van der Waals surface area contributed by atoms with Crippen LogP contribution >= 0.6 is 0 Å². The first-order valence-corrected chi connectivity index (χ1v) is 8.17. The van der Waals surface area contributed by atoms with E-state index in [0.717, 1.165) is 37.9 Å². The van der Waals surface area contributed by atoms with Crippen LogP contribution in [0.3, 0.4) is 0 Å². The summed E-state index contributed by atoms with van der Waals surface area (Å²) in [6.45, 7) is 12.1. The van der Waals surface area contributed by atoms with Crippen LogP contribution in [0.2, 0.25) is 0 Å². The average Bonchev–Trinajstić information content (AvgIpc) is 2.59. The van der Waals surface area contributed by atoms with Gasteiger partial charge in [0, 0.05) is 12.6 Å². The molecule has 4 nitrogen and oxygen atoms in total. The van der Waals surface area contributed by atoms with Gasteiger partial charge < -0.3 is 16.0 Å². The van der Waals surface area contributed by atoms with Gasteiger partial charge >= 0.3 is 0 Å². The molecule has 1 rings (SSSR count). The monoisotopic (exact) mass is 283 g/mol. The quantitative estimate of drug-likeness (QED) is 0.751. The predicted octanol–water partition coefficient (Wildman–Crippen LogP) is 1.99. The van der Waals surface area contributed by atoms with E-state index in [1.807, 2.05) is 0 Å². The van der Waals surface area contributed by atoms with Crippen LogP contribution in [-0.4, -0.2) is 42.5 Å². The molecule has 1 amide bonds. The number of hydrogen-bond donors (Lipinski definition) is 2.